The second kappa shape index (κ2) is 4.49. The first-order chi connectivity index (χ1) is 7.18. The Morgan fingerprint density at radius 1 is 1.27 bits per heavy atom. The fraction of sp³-hybridized carbons (Fsp3) is 0.100. The van der Waals surface area contributed by atoms with E-state index in [4.69, 9.17) is 28.9 Å². The van der Waals surface area contributed by atoms with Gasteiger partial charge in [0.25, 0.3) is 0 Å². The number of thiophene rings is 1. The highest BCUT2D eigenvalue weighted by Gasteiger charge is 2.14. The first-order valence-corrected chi connectivity index (χ1v) is 5.93. The summed E-state index contributed by atoms with van der Waals surface area (Å²) < 4.78 is 0. The number of halogens is 2. The Hall–Kier alpha value is -0.610. The molecule has 0 saturated heterocycles. The summed E-state index contributed by atoms with van der Waals surface area (Å²) in [6, 6.07) is 7.19. The predicted molar refractivity (Wildman–Crippen MR) is 64.6 cm³/mol. The van der Waals surface area contributed by atoms with E-state index in [-0.39, 0.29) is 6.04 Å². The van der Waals surface area contributed by atoms with Crippen LogP contribution >= 0.6 is 34.5 Å². The van der Waals surface area contributed by atoms with Crippen LogP contribution in [-0.4, -0.2) is 4.98 Å². The van der Waals surface area contributed by atoms with Crippen LogP contribution < -0.4 is 5.73 Å². The highest BCUT2D eigenvalue weighted by atomic mass is 35.5. The minimum absolute atomic E-state index is 0.234. The van der Waals surface area contributed by atoms with Gasteiger partial charge in [-0.3, -0.25) is 0 Å². The van der Waals surface area contributed by atoms with Crippen LogP contribution in [0.4, 0.5) is 0 Å². The second-order valence-electron chi connectivity index (χ2n) is 3.01. The number of nitrogens with zero attached hydrogens (tertiary/aromatic N) is 1. The molecule has 15 heavy (non-hydrogen) atoms. The smallest absolute Gasteiger partial charge is 0.135 e. The van der Waals surface area contributed by atoms with E-state index < -0.39 is 0 Å². The van der Waals surface area contributed by atoms with Crippen LogP contribution in [0.2, 0.25) is 10.3 Å². The van der Waals surface area contributed by atoms with Gasteiger partial charge < -0.3 is 5.73 Å². The van der Waals surface area contributed by atoms with Gasteiger partial charge >= 0.3 is 0 Å². The molecular weight excluding hydrogens is 251 g/mol. The van der Waals surface area contributed by atoms with Crippen LogP contribution in [0, 0.1) is 0 Å². The lowest BCUT2D eigenvalue weighted by atomic mass is 10.1. The van der Waals surface area contributed by atoms with Crippen molar-refractivity contribution in [3.63, 3.8) is 0 Å². The molecule has 0 aromatic carbocycles. The first kappa shape index (κ1) is 10.9. The van der Waals surface area contributed by atoms with Gasteiger partial charge in [0.1, 0.15) is 10.3 Å². The standard InChI is InChI=1S/C10H8Cl2N2S/c11-8-4-3-6(10(12)14-8)9(13)7-2-1-5-15-7/h1-5,9H,13H2/t9-/m0/s1. The van der Waals surface area contributed by atoms with Gasteiger partial charge in [-0.1, -0.05) is 35.3 Å². The molecule has 0 unspecified atom stereocenters. The Bertz CT molecular complexity index is 456. The molecule has 0 aliphatic carbocycles. The van der Waals surface area contributed by atoms with Gasteiger partial charge in [-0.05, 0) is 17.5 Å². The van der Waals surface area contributed by atoms with E-state index in [1.54, 1.807) is 17.4 Å². The molecule has 78 valence electrons. The Morgan fingerprint density at radius 3 is 2.67 bits per heavy atom. The average molecular weight is 259 g/mol. The van der Waals surface area contributed by atoms with E-state index in [0.717, 1.165) is 10.4 Å². The number of hydrogen-bond acceptors (Lipinski definition) is 3. The SMILES string of the molecule is N[C@H](c1cccs1)c1ccc(Cl)nc1Cl. The zero-order chi connectivity index (χ0) is 10.8. The lowest BCUT2D eigenvalue weighted by Crippen LogP contribution is -2.11. The molecule has 0 radical (unpaired) electrons. The van der Waals surface area contributed by atoms with Crippen molar-refractivity contribution in [2.45, 2.75) is 6.04 Å². The Labute approximate surface area is 102 Å². The molecule has 5 heteroatoms. The topological polar surface area (TPSA) is 38.9 Å². The van der Waals surface area contributed by atoms with E-state index in [1.165, 1.54) is 0 Å². The van der Waals surface area contributed by atoms with E-state index in [0.29, 0.717) is 10.3 Å². The van der Waals surface area contributed by atoms with Gasteiger partial charge in [0.2, 0.25) is 0 Å². The van der Waals surface area contributed by atoms with Crippen molar-refractivity contribution in [2.75, 3.05) is 0 Å². The molecule has 2 heterocycles. The average Bonchev–Trinajstić information content (AvgIpc) is 2.69. The molecule has 1 atom stereocenters. The molecule has 2 nitrogen and oxygen atoms in total. The summed E-state index contributed by atoms with van der Waals surface area (Å²) in [5.74, 6) is 0. The van der Waals surface area contributed by atoms with Crippen molar-refractivity contribution in [3.05, 3.63) is 50.4 Å². The maximum atomic E-state index is 6.05. The van der Waals surface area contributed by atoms with Crippen molar-refractivity contribution in [2.24, 2.45) is 5.73 Å². The van der Waals surface area contributed by atoms with E-state index >= 15 is 0 Å². The molecule has 2 aromatic heterocycles. The van der Waals surface area contributed by atoms with Crippen molar-refractivity contribution in [1.29, 1.82) is 0 Å². The van der Waals surface area contributed by atoms with Crippen LogP contribution in [-0.2, 0) is 0 Å². The minimum atomic E-state index is -0.234. The summed E-state index contributed by atoms with van der Waals surface area (Å²) >= 11 is 13.3. The molecule has 0 aliphatic heterocycles. The summed E-state index contributed by atoms with van der Waals surface area (Å²) in [5, 5.41) is 2.72. The van der Waals surface area contributed by atoms with Crippen LogP contribution in [0.3, 0.4) is 0 Å². The van der Waals surface area contributed by atoms with E-state index in [2.05, 4.69) is 4.98 Å². The third-order valence-electron chi connectivity index (χ3n) is 2.03. The fourth-order valence-corrected chi connectivity index (χ4v) is 2.48. The maximum Gasteiger partial charge on any atom is 0.135 e. The maximum absolute atomic E-state index is 6.05. The molecule has 2 rings (SSSR count). The largest absolute Gasteiger partial charge is 0.320 e. The summed E-state index contributed by atoms with van der Waals surface area (Å²) in [6.07, 6.45) is 0. The highest BCUT2D eigenvalue weighted by molar-refractivity contribution is 7.10. The van der Waals surface area contributed by atoms with Crippen LogP contribution in [0.25, 0.3) is 0 Å². The van der Waals surface area contributed by atoms with Crippen molar-refractivity contribution in [3.8, 4) is 0 Å². The summed E-state index contributed by atoms with van der Waals surface area (Å²) in [6.45, 7) is 0. The van der Waals surface area contributed by atoms with Gasteiger partial charge in [0.05, 0.1) is 6.04 Å². The number of hydrogen-bond donors (Lipinski definition) is 1. The van der Waals surface area contributed by atoms with E-state index in [1.807, 2.05) is 23.6 Å². The monoisotopic (exact) mass is 258 g/mol. The molecule has 2 aromatic rings. The normalized spacial score (nSPS) is 12.7. The van der Waals surface area contributed by atoms with Gasteiger partial charge in [0, 0.05) is 10.4 Å². The van der Waals surface area contributed by atoms with Crippen LogP contribution in [0.1, 0.15) is 16.5 Å². The van der Waals surface area contributed by atoms with Crippen molar-refractivity contribution >= 4 is 34.5 Å². The van der Waals surface area contributed by atoms with Gasteiger partial charge in [-0.25, -0.2) is 4.98 Å². The Morgan fingerprint density at radius 2 is 2.07 bits per heavy atom. The molecule has 0 saturated carbocycles. The Kier molecular flexibility index (Phi) is 3.26. The summed E-state index contributed by atoms with van der Waals surface area (Å²) in [4.78, 5) is 5.02. The lowest BCUT2D eigenvalue weighted by molar-refractivity contribution is 0.884. The number of rotatable bonds is 2. The third kappa shape index (κ3) is 2.32. The molecule has 0 spiro atoms. The lowest BCUT2D eigenvalue weighted by Gasteiger charge is -2.11. The molecule has 0 aliphatic rings. The van der Waals surface area contributed by atoms with Crippen molar-refractivity contribution in [1.82, 2.24) is 4.98 Å². The van der Waals surface area contributed by atoms with Crippen LogP contribution in [0.5, 0.6) is 0 Å². The zero-order valence-corrected chi connectivity index (χ0v) is 9.98. The number of nitrogens with two attached hydrogens (primary N) is 1. The summed E-state index contributed by atoms with van der Waals surface area (Å²) in [5.41, 5.74) is 6.85. The summed E-state index contributed by atoms with van der Waals surface area (Å²) in [7, 11) is 0. The molecular formula is C10H8Cl2N2S. The fourth-order valence-electron chi connectivity index (χ4n) is 1.28. The minimum Gasteiger partial charge on any atom is -0.320 e. The zero-order valence-electron chi connectivity index (χ0n) is 7.65. The van der Waals surface area contributed by atoms with E-state index in [9.17, 15) is 0 Å². The third-order valence-corrected chi connectivity index (χ3v) is 3.50. The second-order valence-corrected chi connectivity index (χ2v) is 4.73. The van der Waals surface area contributed by atoms with Gasteiger partial charge in [-0.15, -0.1) is 11.3 Å². The number of pyridine rings is 1. The van der Waals surface area contributed by atoms with Crippen molar-refractivity contribution < 1.29 is 0 Å². The Balaban J connectivity index is 2.38. The number of aromatic nitrogens is 1. The molecule has 0 amide bonds. The molecule has 0 bridgehead atoms. The van der Waals surface area contributed by atoms with Gasteiger partial charge in [0.15, 0.2) is 0 Å². The predicted octanol–water partition coefficient (Wildman–Crippen LogP) is 3.50. The first-order valence-electron chi connectivity index (χ1n) is 4.29. The quantitative estimate of drug-likeness (QED) is 0.838. The highest BCUT2D eigenvalue weighted by Crippen LogP contribution is 2.28. The molecule has 0 fully saturated rings. The molecule has 2 N–H and O–H groups in total. The van der Waals surface area contributed by atoms with Gasteiger partial charge in [-0.2, -0.15) is 0 Å². The van der Waals surface area contributed by atoms with Crippen LogP contribution in [0.15, 0.2) is 29.6 Å².